The van der Waals surface area contributed by atoms with E-state index in [0.717, 1.165) is 6.07 Å². The van der Waals surface area contributed by atoms with Gasteiger partial charge < -0.3 is 14.6 Å². The van der Waals surface area contributed by atoms with Crippen LogP contribution < -0.4 is 9.47 Å². The minimum atomic E-state index is -4.49. The first-order valence-electron chi connectivity index (χ1n) is 4.08. The van der Waals surface area contributed by atoms with Crippen LogP contribution in [0.25, 0.3) is 0 Å². The molecule has 1 N–H and O–H groups in total. The summed E-state index contributed by atoms with van der Waals surface area (Å²) in [6, 6.07) is 2.37. The number of aromatic hydroxyl groups is 1. The number of phenols is 1. The number of thioether (sulfide) groups is 1. The third-order valence-corrected chi connectivity index (χ3v) is 2.53. The normalized spacial score (nSPS) is 11.3. The van der Waals surface area contributed by atoms with Crippen LogP contribution in [0.2, 0.25) is 0 Å². The van der Waals surface area contributed by atoms with Crippen molar-refractivity contribution >= 4 is 11.8 Å². The molecule has 0 heterocycles. The number of hydrogen-bond acceptors (Lipinski definition) is 4. The largest absolute Gasteiger partial charge is 0.506 e. The van der Waals surface area contributed by atoms with Crippen LogP contribution in [0, 0.1) is 0 Å². The number of phenolic OH excluding ortho intramolecular Hbond substituents is 1. The molecule has 0 saturated carbocycles. The van der Waals surface area contributed by atoms with Crippen molar-refractivity contribution in [2.45, 2.75) is 10.4 Å². The number of alkyl halides is 3. The van der Waals surface area contributed by atoms with Crippen LogP contribution in [0.3, 0.4) is 0 Å². The highest BCUT2D eigenvalue weighted by molar-refractivity contribution is 8.00. The van der Waals surface area contributed by atoms with Crippen LogP contribution in [0.4, 0.5) is 13.2 Å². The van der Waals surface area contributed by atoms with Gasteiger partial charge in [0, 0.05) is 12.1 Å². The van der Waals surface area contributed by atoms with Crippen LogP contribution in [0.15, 0.2) is 17.0 Å². The summed E-state index contributed by atoms with van der Waals surface area (Å²) in [7, 11) is 2.55. The van der Waals surface area contributed by atoms with E-state index in [9.17, 15) is 18.3 Å². The molecule has 0 fully saturated rings. The van der Waals surface area contributed by atoms with E-state index in [1.165, 1.54) is 20.3 Å². The van der Waals surface area contributed by atoms with E-state index in [0.29, 0.717) is 0 Å². The molecule has 0 aliphatic heterocycles. The van der Waals surface area contributed by atoms with E-state index >= 15 is 0 Å². The Morgan fingerprint density at radius 1 is 1.19 bits per heavy atom. The van der Waals surface area contributed by atoms with E-state index in [4.69, 9.17) is 9.47 Å². The number of hydrogen-bond donors (Lipinski definition) is 1. The minimum Gasteiger partial charge on any atom is -0.506 e. The number of methoxy groups -OCH3 is 2. The lowest BCUT2D eigenvalue weighted by atomic mass is 10.3. The highest BCUT2D eigenvalue weighted by atomic mass is 32.2. The molecule has 3 nitrogen and oxygen atoms in total. The lowest BCUT2D eigenvalue weighted by Crippen LogP contribution is -2.01. The maximum absolute atomic E-state index is 12.2. The summed E-state index contributed by atoms with van der Waals surface area (Å²) in [6.07, 6.45) is 0. The lowest BCUT2D eigenvalue weighted by Gasteiger charge is -2.13. The molecule has 1 aromatic carbocycles. The predicted molar refractivity (Wildman–Crippen MR) is 53.1 cm³/mol. The Labute approximate surface area is 94.2 Å². The zero-order valence-corrected chi connectivity index (χ0v) is 9.28. The molecule has 0 bridgehead atoms. The maximum Gasteiger partial charge on any atom is 0.446 e. The predicted octanol–water partition coefficient (Wildman–Crippen LogP) is 3.02. The molecule has 0 saturated heterocycles. The molecule has 90 valence electrons. The summed E-state index contributed by atoms with van der Waals surface area (Å²) in [5, 5.41) is 9.42. The smallest absolute Gasteiger partial charge is 0.446 e. The van der Waals surface area contributed by atoms with Gasteiger partial charge in [-0.2, -0.15) is 13.2 Å². The van der Waals surface area contributed by atoms with Crippen molar-refractivity contribution in [2.75, 3.05) is 14.2 Å². The standard InChI is InChI=1S/C9H9F3O3S/c1-14-5-3-6(13)8(7(4-5)15-2)16-9(10,11)12/h3-4,13H,1-2H3. The second kappa shape index (κ2) is 4.73. The Morgan fingerprint density at radius 3 is 2.25 bits per heavy atom. The zero-order valence-electron chi connectivity index (χ0n) is 8.46. The van der Waals surface area contributed by atoms with Crippen molar-refractivity contribution in [3.05, 3.63) is 12.1 Å². The van der Waals surface area contributed by atoms with Gasteiger partial charge in [-0.25, -0.2) is 0 Å². The van der Waals surface area contributed by atoms with Crippen LogP contribution in [-0.4, -0.2) is 24.8 Å². The van der Waals surface area contributed by atoms with Crippen LogP contribution in [0.5, 0.6) is 17.2 Å². The first kappa shape index (κ1) is 12.8. The number of rotatable bonds is 3. The van der Waals surface area contributed by atoms with Crippen molar-refractivity contribution in [1.29, 1.82) is 0 Å². The van der Waals surface area contributed by atoms with Crippen LogP contribution in [0.1, 0.15) is 0 Å². The molecule has 0 amide bonds. The molecule has 0 aliphatic carbocycles. The fourth-order valence-corrected chi connectivity index (χ4v) is 1.69. The van der Waals surface area contributed by atoms with Crippen molar-refractivity contribution in [1.82, 2.24) is 0 Å². The molecule has 0 aromatic heterocycles. The molecular formula is C9H9F3O3S. The summed E-state index contributed by atoms with van der Waals surface area (Å²) in [5.74, 6) is -0.390. The Morgan fingerprint density at radius 2 is 1.81 bits per heavy atom. The van der Waals surface area contributed by atoms with E-state index in [1.807, 2.05) is 0 Å². The second-order valence-corrected chi connectivity index (χ2v) is 3.80. The third-order valence-electron chi connectivity index (χ3n) is 1.68. The van der Waals surface area contributed by atoms with Gasteiger partial charge in [0.05, 0.1) is 14.2 Å². The average molecular weight is 254 g/mol. The van der Waals surface area contributed by atoms with Crippen molar-refractivity contribution in [3.8, 4) is 17.2 Å². The fraction of sp³-hybridized carbons (Fsp3) is 0.333. The summed E-state index contributed by atoms with van der Waals surface area (Å²) < 4.78 is 46.1. The number of ether oxygens (including phenoxy) is 2. The fourth-order valence-electron chi connectivity index (χ4n) is 1.05. The monoisotopic (exact) mass is 254 g/mol. The van der Waals surface area contributed by atoms with Gasteiger partial charge in [-0.1, -0.05) is 0 Å². The van der Waals surface area contributed by atoms with E-state index < -0.39 is 23.0 Å². The molecule has 1 rings (SSSR count). The van der Waals surface area contributed by atoms with Gasteiger partial charge >= 0.3 is 5.51 Å². The topological polar surface area (TPSA) is 38.7 Å². The SMILES string of the molecule is COc1cc(O)c(SC(F)(F)F)c(OC)c1. The van der Waals surface area contributed by atoms with Crippen LogP contribution >= 0.6 is 11.8 Å². The van der Waals surface area contributed by atoms with Crippen molar-refractivity contribution in [3.63, 3.8) is 0 Å². The van der Waals surface area contributed by atoms with E-state index in [1.54, 1.807) is 0 Å². The number of halogens is 3. The van der Waals surface area contributed by atoms with Crippen molar-refractivity contribution in [2.24, 2.45) is 0 Å². The molecule has 0 radical (unpaired) electrons. The molecule has 0 unspecified atom stereocenters. The molecule has 16 heavy (non-hydrogen) atoms. The molecule has 0 aliphatic rings. The molecule has 0 spiro atoms. The van der Waals surface area contributed by atoms with Gasteiger partial charge in [0.15, 0.2) is 0 Å². The summed E-state index contributed by atoms with van der Waals surface area (Å²) in [4.78, 5) is -0.379. The molecule has 1 aromatic rings. The summed E-state index contributed by atoms with van der Waals surface area (Å²) in [6.45, 7) is 0. The molecule has 0 atom stereocenters. The number of benzene rings is 1. The summed E-state index contributed by atoms with van der Waals surface area (Å²) >= 11 is -0.433. The van der Waals surface area contributed by atoms with Gasteiger partial charge in [-0.05, 0) is 11.8 Å². The molecule has 7 heteroatoms. The van der Waals surface area contributed by atoms with Crippen molar-refractivity contribution < 1.29 is 27.8 Å². The van der Waals surface area contributed by atoms with Gasteiger partial charge in [-0.15, -0.1) is 0 Å². The van der Waals surface area contributed by atoms with Gasteiger partial charge in [0.2, 0.25) is 0 Å². The third kappa shape index (κ3) is 3.13. The quantitative estimate of drug-likeness (QED) is 0.841. The van der Waals surface area contributed by atoms with Gasteiger partial charge in [0.25, 0.3) is 0 Å². The van der Waals surface area contributed by atoms with Crippen LogP contribution in [-0.2, 0) is 0 Å². The Kier molecular flexibility index (Phi) is 3.79. The maximum atomic E-state index is 12.2. The first-order valence-corrected chi connectivity index (χ1v) is 4.89. The second-order valence-electron chi connectivity index (χ2n) is 2.73. The van der Waals surface area contributed by atoms with Gasteiger partial charge in [-0.3, -0.25) is 0 Å². The average Bonchev–Trinajstić information content (AvgIpc) is 2.19. The lowest BCUT2D eigenvalue weighted by molar-refractivity contribution is -0.0329. The molecular weight excluding hydrogens is 245 g/mol. The Bertz CT molecular complexity index is 379. The zero-order chi connectivity index (χ0) is 12.3. The Hall–Kier alpha value is -1.24. The van der Waals surface area contributed by atoms with E-state index in [-0.39, 0.29) is 16.4 Å². The van der Waals surface area contributed by atoms with E-state index in [2.05, 4.69) is 0 Å². The first-order chi connectivity index (χ1) is 7.37. The Balaban J connectivity index is 3.16. The highest BCUT2D eigenvalue weighted by Gasteiger charge is 2.32. The van der Waals surface area contributed by atoms with Gasteiger partial charge in [0.1, 0.15) is 22.1 Å². The highest BCUT2D eigenvalue weighted by Crippen LogP contribution is 2.47. The minimum absolute atomic E-state index is 0.0841. The summed E-state index contributed by atoms with van der Waals surface area (Å²) in [5.41, 5.74) is -4.49.